The van der Waals surface area contributed by atoms with Crippen molar-refractivity contribution < 1.29 is 34.2 Å². The number of β-amino-alcohol motifs (C(OH)–C–C–N with tert-alkyl or cyclic N) is 2. The molecule has 3 aliphatic rings. The predicted molar refractivity (Wildman–Crippen MR) is 277 cm³/mol. The number of nitrogens with zero attached hydrogens (tertiary/aromatic N) is 6. The van der Waals surface area contributed by atoms with Crippen LogP contribution in [0.1, 0.15) is 105 Å². The monoisotopic (exact) mass is 1010 g/mol. The quantitative estimate of drug-likeness (QED) is 0.0496. The summed E-state index contributed by atoms with van der Waals surface area (Å²) in [6, 6.07) is 16.3. The van der Waals surface area contributed by atoms with Gasteiger partial charge in [-0.1, -0.05) is 88.6 Å². The van der Waals surface area contributed by atoms with E-state index in [1.165, 1.54) is 22.4 Å². The lowest BCUT2D eigenvalue weighted by molar-refractivity contribution is -0.144. The largest absolute Gasteiger partial charge is 0.391 e. The predicted octanol–water partition coefficient (Wildman–Crippen LogP) is 3.81. The van der Waals surface area contributed by atoms with Crippen molar-refractivity contribution in [2.24, 2.45) is 5.41 Å². The molecule has 19 heteroatoms. The van der Waals surface area contributed by atoms with Crippen molar-refractivity contribution in [2.75, 3.05) is 57.7 Å². The molecule has 388 valence electrons. The summed E-state index contributed by atoms with van der Waals surface area (Å²) in [6.07, 6.45) is 5.48. The SMILES string of the molecule is Cc1ncsc1-c1ccc(CNC(=O)[C@@H]2C[C@@H](O)CN2C(=O)[C@@H](NC(=O)CCCCCCCC(=O)NCCN2CC(Nc3cc(C(=O)NC[C@H](O)CN4CCc5ccccc5C4)ncn3)C2)C(C)(C)C)cc1. The van der Waals surface area contributed by atoms with E-state index in [-0.39, 0.29) is 73.7 Å². The van der Waals surface area contributed by atoms with Crippen LogP contribution in [0, 0.1) is 12.3 Å². The number of aliphatic hydroxyl groups excluding tert-OH is 2. The summed E-state index contributed by atoms with van der Waals surface area (Å²) in [5, 5.41) is 36.3. The molecule has 0 saturated carbocycles. The van der Waals surface area contributed by atoms with Gasteiger partial charge in [0.25, 0.3) is 5.91 Å². The smallest absolute Gasteiger partial charge is 0.270 e. The summed E-state index contributed by atoms with van der Waals surface area (Å²) in [7, 11) is 0. The maximum absolute atomic E-state index is 14.0. The summed E-state index contributed by atoms with van der Waals surface area (Å²) in [5.74, 6) is -0.776. The van der Waals surface area contributed by atoms with Gasteiger partial charge in [-0.2, -0.15) is 0 Å². The van der Waals surface area contributed by atoms with Gasteiger partial charge in [-0.3, -0.25) is 33.8 Å². The standard InChI is InChI=1S/C53H73N11O7S/c1-35-48(72-34-59-35)38-18-16-36(17-19-38)26-55-51(70)44-24-41(65)32-64(44)52(71)49(53(2,3)4)61-47(68)15-9-7-5-6-8-14-46(67)54-21-23-63-29-40(30-63)60-45-25-43(57-33-58-45)50(69)56-27-42(66)31-62-22-20-37-12-10-11-13-39(37)28-62/h10-13,16-19,25,33-34,40-42,44,49,65-66H,5-9,14-15,20-24,26-32H2,1-4H3,(H,54,67)(H,55,70)(H,56,69)(H,61,68)(H,57,58,60)/t41-,42+,44+,49-/m1/s1. The summed E-state index contributed by atoms with van der Waals surface area (Å²) in [4.78, 5) is 85.7. The number of rotatable bonds is 24. The van der Waals surface area contributed by atoms with Crippen LogP contribution in [-0.2, 0) is 38.7 Å². The maximum Gasteiger partial charge on any atom is 0.270 e. The summed E-state index contributed by atoms with van der Waals surface area (Å²) < 4.78 is 0. The second kappa shape index (κ2) is 25.7. The van der Waals surface area contributed by atoms with Gasteiger partial charge >= 0.3 is 0 Å². The van der Waals surface area contributed by atoms with Gasteiger partial charge in [0.1, 0.15) is 29.9 Å². The normalized spacial score (nSPS) is 18.1. The molecule has 2 fully saturated rings. The number of anilines is 1. The van der Waals surface area contributed by atoms with Crippen LogP contribution in [0.5, 0.6) is 0 Å². The van der Waals surface area contributed by atoms with E-state index in [1.54, 1.807) is 17.4 Å². The molecule has 0 spiro atoms. The molecule has 5 amide bonds. The molecular formula is C53H73N11O7S. The summed E-state index contributed by atoms with van der Waals surface area (Å²) >= 11 is 1.58. The Kier molecular flexibility index (Phi) is 19.2. The van der Waals surface area contributed by atoms with E-state index in [1.807, 2.05) is 63.5 Å². The molecule has 7 N–H and O–H groups in total. The Morgan fingerprint density at radius 2 is 1.57 bits per heavy atom. The molecule has 3 aliphatic heterocycles. The van der Waals surface area contributed by atoms with Gasteiger partial charge < -0.3 is 41.7 Å². The minimum absolute atomic E-state index is 0.0113. The number of carbonyl (C=O) groups excluding carboxylic acids is 5. The molecular weight excluding hydrogens is 935 g/mol. The fraction of sp³-hybridized carbons (Fsp3) is 0.547. The first-order valence-corrected chi connectivity index (χ1v) is 26.4. The highest BCUT2D eigenvalue weighted by Gasteiger charge is 2.44. The first kappa shape index (κ1) is 53.9. The lowest BCUT2D eigenvalue weighted by atomic mass is 9.85. The Hall–Kier alpha value is -5.86. The average molecular weight is 1010 g/mol. The number of hydrogen-bond donors (Lipinski definition) is 7. The number of hydrogen-bond acceptors (Lipinski definition) is 14. The Balaban J connectivity index is 0.714. The van der Waals surface area contributed by atoms with E-state index < -0.39 is 29.7 Å². The molecule has 72 heavy (non-hydrogen) atoms. The number of aryl methyl sites for hydroxylation is 1. The number of nitrogens with one attached hydrogen (secondary N) is 5. The molecule has 2 saturated heterocycles. The van der Waals surface area contributed by atoms with Crippen molar-refractivity contribution in [1.82, 2.24) is 50.9 Å². The lowest BCUT2D eigenvalue weighted by Crippen LogP contribution is -2.57. The Morgan fingerprint density at radius 3 is 2.29 bits per heavy atom. The minimum Gasteiger partial charge on any atom is -0.391 e. The van der Waals surface area contributed by atoms with Gasteiger partial charge in [-0.25, -0.2) is 15.0 Å². The van der Waals surface area contributed by atoms with E-state index in [9.17, 15) is 34.2 Å². The fourth-order valence-corrected chi connectivity index (χ4v) is 10.4. The topological polar surface area (TPSA) is 234 Å². The van der Waals surface area contributed by atoms with Crippen LogP contribution in [-0.4, -0.2) is 152 Å². The maximum atomic E-state index is 14.0. The van der Waals surface area contributed by atoms with Crippen molar-refractivity contribution in [3.63, 3.8) is 0 Å². The molecule has 5 heterocycles. The number of amides is 5. The Bertz CT molecular complexity index is 2460. The van der Waals surface area contributed by atoms with E-state index in [0.717, 1.165) is 86.5 Å². The van der Waals surface area contributed by atoms with Gasteiger partial charge in [0, 0.05) is 90.8 Å². The van der Waals surface area contributed by atoms with Crippen molar-refractivity contribution in [2.45, 2.75) is 129 Å². The number of aliphatic hydroxyl groups is 2. The molecule has 0 aliphatic carbocycles. The fourth-order valence-electron chi connectivity index (χ4n) is 9.54. The molecule has 18 nitrogen and oxygen atoms in total. The molecule has 7 rings (SSSR count). The zero-order valence-electron chi connectivity index (χ0n) is 42.2. The molecule has 2 aromatic carbocycles. The number of likely N-dealkylation sites (tertiary alicyclic amines) is 2. The summed E-state index contributed by atoms with van der Waals surface area (Å²) in [5.41, 5.74) is 6.96. The van der Waals surface area contributed by atoms with E-state index >= 15 is 0 Å². The van der Waals surface area contributed by atoms with Crippen molar-refractivity contribution in [1.29, 1.82) is 0 Å². The molecule has 0 radical (unpaired) electrons. The van der Waals surface area contributed by atoms with Crippen LogP contribution >= 0.6 is 11.3 Å². The highest BCUT2D eigenvalue weighted by atomic mass is 32.1. The molecule has 0 unspecified atom stereocenters. The number of thiazole rings is 1. The third kappa shape index (κ3) is 15.6. The summed E-state index contributed by atoms with van der Waals surface area (Å²) in [6.45, 7) is 12.9. The van der Waals surface area contributed by atoms with Crippen LogP contribution in [0.3, 0.4) is 0 Å². The Morgan fingerprint density at radius 1 is 0.847 bits per heavy atom. The molecule has 4 atom stereocenters. The second-order valence-electron chi connectivity index (χ2n) is 20.6. The van der Waals surface area contributed by atoms with Gasteiger partial charge in [0.2, 0.25) is 23.6 Å². The number of fused-ring (bicyclic) bond motifs is 1. The molecule has 2 aromatic heterocycles. The van der Waals surface area contributed by atoms with E-state index in [0.29, 0.717) is 31.7 Å². The van der Waals surface area contributed by atoms with Gasteiger partial charge in [0.15, 0.2) is 0 Å². The number of aromatic nitrogens is 3. The van der Waals surface area contributed by atoms with Crippen LogP contribution in [0.15, 0.2) is 66.4 Å². The third-order valence-corrected chi connectivity index (χ3v) is 14.6. The Labute approximate surface area is 427 Å². The first-order valence-electron chi connectivity index (χ1n) is 25.5. The van der Waals surface area contributed by atoms with Gasteiger partial charge in [-0.15, -0.1) is 11.3 Å². The van der Waals surface area contributed by atoms with Crippen LogP contribution in [0.4, 0.5) is 5.82 Å². The van der Waals surface area contributed by atoms with Crippen molar-refractivity contribution in [3.8, 4) is 10.4 Å². The molecule has 0 bridgehead atoms. The number of unbranched alkanes of at least 4 members (excludes halogenated alkanes) is 4. The van der Waals surface area contributed by atoms with Gasteiger partial charge in [-0.05, 0) is 53.9 Å². The molecule has 4 aromatic rings. The van der Waals surface area contributed by atoms with Crippen LogP contribution in [0.2, 0.25) is 0 Å². The minimum atomic E-state index is -0.881. The van der Waals surface area contributed by atoms with Crippen LogP contribution < -0.4 is 26.6 Å². The third-order valence-electron chi connectivity index (χ3n) is 13.7. The second-order valence-corrected chi connectivity index (χ2v) is 21.4. The lowest BCUT2D eigenvalue weighted by Gasteiger charge is -2.39. The highest BCUT2D eigenvalue weighted by molar-refractivity contribution is 7.13. The number of carbonyl (C=O) groups is 5. The zero-order chi connectivity index (χ0) is 51.2. The highest BCUT2D eigenvalue weighted by Crippen LogP contribution is 2.29. The zero-order valence-corrected chi connectivity index (χ0v) is 43.0. The van der Waals surface area contributed by atoms with Gasteiger partial charge in [0.05, 0.1) is 34.3 Å². The number of benzene rings is 2. The van der Waals surface area contributed by atoms with Crippen molar-refractivity contribution >= 4 is 46.7 Å². The first-order chi connectivity index (χ1) is 34.6. The van der Waals surface area contributed by atoms with Crippen LogP contribution in [0.25, 0.3) is 10.4 Å². The van der Waals surface area contributed by atoms with E-state index in [4.69, 9.17) is 0 Å². The van der Waals surface area contributed by atoms with Crippen molar-refractivity contribution in [3.05, 3.63) is 94.5 Å². The average Bonchev–Trinajstić information content (AvgIpc) is 3.97. The van der Waals surface area contributed by atoms with E-state index in [2.05, 4.69) is 69.5 Å².